The molecule has 0 spiro atoms. The third-order valence-corrected chi connectivity index (χ3v) is 5.38. The lowest BCUT2D eigenvalue weighted by Gasteiger charge is -2.43. The van der Waals surface area contributed by atoms with Crippen LogP contribution in [0.25, 0.3) is 0 Å². The number of rotatable bonds is 4. The van der Waals surface area contributed by atoms with E-state index in [0.717, 1.165) is 24.1 Å². The minimum Gasteiger partial charge on any atom is -0.297 e. The molecule has 0 saturated carbocycles. The van der Waals surface area contributed by atoms with Crippen molar-refractivity contribution in [2.75, 3.05) is 6.54 Å². The van der Waals surface area contributed by atoms with Crippen LogP contribution in [0.5, 0.6) is 0 Å². The fourth-order valence-electron chi connectivity index (χ4n) is 4.23. The van der Waals surface area contributed by atoms with Crippen LogP contribution in [0, 0.1) is 5.41 Å². The van der Waals surface area contributed by atoms with Gasteiger partial charge in [-0.2, -0.15) is 0 Å². The summed E-state index contributed by atoms with van der Waals surface area (Å²) >= 11 is 0. The minimum atomic E-state index is -0.460. The van der Waals surface area contributed by atoms with Gasteiger partial charge in [0.2, 0.25) is 0 Å². The van der Waals surface area contributed by atoms with Crippen LogP contribution >= 0.6 is 0 Å². The minimum absolute atomic E-state index is 0.122. The largest absolute Gasteiger partial charge is 0.297 e. The fraction of sp³-hybridized carbons (Fsp3) is 0.391. The van der Waals surface area contributed by atoms with E-state index >= 15 is 0 Å². The maximum absolute atomic E-state index is 13.2. The zero-order chi connectivity index (χ0) is 18.1. The first-order valence-electron chi connectivity index (χ1n) is 9.00. The standard InChI is InChI=1S/C23H27NO/c1-17(18-10-6-5-7-11-18)24-15-21(25)23(4)16-22(2,3)14-19-12-8-9-13-20(19)23/h5-13H,14-16H2,1-4H3. The Balaban J connectivity index is 1.88. The summed E-state index contributed by atoms with van der Waals surface area (Å²) in [6.07, 6.45) is 1.90. The van der Waals surface area contributed by atoms with Gasteiger partial charge in [-0.25, -0.2) is 0 Å². The molecule has 0 N–H and O–H groups in total. The van der Waals surface area contributed by atoms with Crippen LogP contribution in [0.1, 0.15) is 50.8 Å². The topological polar surface area (TPSA) is 29.4 Å². The van der Waals surface area contributed by atoms with Crippen LogP contribution in [0.2, 0.25) is 0 Å². The number of ketones is 1. The molecule has 1 unspecified atom stereocenters. The summed E-state index contributed by atoms with van der Waals surface area (Å²) in [4.78, 5) is 17.8. The number of hydrogen-bond acceptors (Lipinski definition) is 2. The summed E-state index contributed by atoms with van der Waals surface area (Å²) in [6, 6.07) is 18.5. The maximum Gasteiger partial charge on any atom is 0.164 e. The van der Waals surface area contributed by atoms with Crippen LogP contribution < -0.4 is 0 Å². The molecular weight excluding hydrogens is 306 g/mol. The molecule has 0 heterocycles. The van der Waals surface area contributed by atoms with Crippen LogP contribution in [-0.2, 0) is 16.6 Å². The monoisotopic (exact) mass is 333 g/mol. The maximum atomic E-state index is 13.2. The van der Waals surface area contributed by atoms with Gasteiger partial charge in [0.15, 0.2) is 5.78 Å². The highest BCUT2D eigenvalue weighted by molar-refractivity contribution is 6.01. The average Bonchev–Trinajstić information content (AvgIpc) is 2.59. The van der Waals surface area contributed by atoms with E-state index in [1.165, 1.54) is 11.1 Å². The molecule has 2 aromatic rings. The molecule has 0 saturated heterocycles. The summed E-state index contributed by atoms with van der Waals surface area (Å²) in [5.41, 5.74) is 4.14. The van der Waals surface area contributed by atoms with Gasteiger partial charge >= 0.3 is 0 Å². The number of benzene rings is 2. The second kappa shape index (κ2) is 6.59. The molecule has 3 rings (SSSR count). The average molecular weight is 333 g/mol. The quantitative estimate of drug-likeness (QED) is 0.724. The first-order chi connectivity index (χ1) is 11.8. The summed E-state index contributed by atoms with van der Waals surface area (Å²) < 4.78 is 0. The highest BCUT2D eigenvalue weighted by atomic mass is 16.1. The Labute approximate surface area is 151 Å². The van der Waals surface area contributed by atoms with Crippen LogP contribution in [-0.4, -0.2) is 18.0 Å². The third kappa shape index (κ3) is 3.58. The first kappa shape index (κ1) is 17.6. The Hall–Kier alpha value is -2.22. The van der Waals surface area contributed by atoms with Crippen molar-refractivity contribution < 1.29 is 4.79 Å². The van der Waals surface area contributed by atoms with Gasteiger partial charge in [0.05, 0.1) is 12.0 Å². The number of carbonyl (C=O) groups excluding carboxylic acids is 1. The van der Waals surface area contributed by atoms with E-state index in [4.69, 9.17) is 0 Å². The van der Waals surface area contributed by atoms with E-state index in [9.17, 15) is 4.79 Å². The zero-order valence-electron chi connectivity index (χ0n) is 15.7. The number of Topliss-reactive ketones (excluding diaryl/α,β-unsaturated/α-hetero) is 1. The molecule has 0 fully saturated rings. The van der Waals surface area contributed by atoms with Crippen LogP contribution in [0.3, 0.4) is 0 Å². The molecule has 0 bridgehead atoms. The second-order valence-corrected chi connectivity index (χ2v) is 8.20. The number of fused-ring (bicyclic) bond motifs is 1. The number of hydrogen-bond donors (Lipinski definition) is 0. The molecule has 0 aliphatic heterocycles. The summed E-state index contributed by atoms with van der Waals surface area (Å²) in [5, 5.41) is 0. The van der Waals surface area contributed by atoms with Crippen molar-refractivity contribution in [2.45, 2.75) is 46.0 Å². The van der Waals surface area contributed by atoms with Gasteiger partial charge in [-0.05, 0) is 48.8 Å². The van der Waals surface area contributed by atoms with E-state index < -0.39 is 5.41 Å². The molecular formula is C23H27NO. The van der Waals surface area contributed by atoms with Crippen LogP contribution in [0.4, 0.5) is 0 Å². The van der Waals surface area contributed by atoms with Gasteiger partial charge in [-0.1, -0.05) is 68.4 Å². The van der Waals surface area contributed by atoms with E-state index in [-0.39, 0.29) is 17.7 Å². The number of aliphatic imine (C=N–C) groups is 1. The summed E-state index contributed by atoms with van der Waals surface area (Å²) in [5.74, 6) is 0.211. The molecule has 2 aromatic carbocycles. The van der Waals surface area contributed by atoms with Gasteiger partial charge in [0, 0.05) is 5.71 Å². The second-order valence-electron chi connectivity index (χ2n) is 8.20. The Kier molecular flexibility index (Phi) is 4.64. The van der Waals surface area contributed by atoms with Gasteiger partial charge in [-0.15, -0.1) is 0 Å². The van der Waals surface area contributed by atoms with Crippen molar-refractivity contribution in [1.82, 2.24) is 0 Å². The molecule has 1 aliphatic rings. The van der Waals surface area contributed by atoms with Gasteiger partial charge in [-0.3, -0.25) is 9.79 Å². The normalized spacial score (nSPS) is 22.3. The zero-order valence-corrected chi connectivity index (χ0v) is 15.7. The lowest BCUT2D eigenvalue weighted by Crippen LogP contribution is -2.43. The molecule has 1 aliphatic carbocycles. The number of carbonyl (C=O) groups is 1. The smallest absolute Gasteiger partial charge is 0.164 e. The Morgan fingerprint density at radius 3 is 2.36 bits per heavy atom. The van der Waals surface area contributed by atoms with Gasteiger partial charge in [0.25, 0.3) is 0 Å². The van der Waals surface area contributed by atoms with Crippen molar-refractivity contribution in [3.63, 3.8) is 0 Å². The van der Waals surface area contributed by atoms with Crippen molar-refractivity contribution in [3.8, 4) is 0 Å². The van der Waals surface area contributed by atoms with Crippen molar-refractivity contribution in [1.29, 1.82) is 0 Å². The Morgan fingerprint density at radius 1 is 1.00 bits per heavy atom. The van der Waals surface area contributed by atoms with E-state index in [0.29, 0.717) is 0 Å². The van der Waals surface area contributed by atoms with E-state index in [1.54, 1.807) is 0 Å². The SMILES string of the molecule is CC(=NCC(=O)C1(C)CC(C)(C)Cc2ccccc21)c1ccccc1. The highest BCUT2D eigenvalue weighted by Gasteiger charge is 2.44. The first-order valence-corrected chi connectivity index (χ1v) is 9.00. The fourth-order valence-corrected chi connectivity index (χ4v) is 4.23. The van der Waals surface area contributed by atoms with Crippen molar-refractivity contribution >= 4 is 11.5 Å². The molecule has 0 aromatic heterocycles. The predicted octanol–water partition coefficient (Wildman–Crippen LogP) is 5.00. The predicted molar refractivity (Wildman–Crippen MR) is 104 cm³/mol. The lowest BCUT2D eigenvalue weighted by atomic mass is 9.60. The van der Waals surface area contributed by atoms with Gasteiger partial charge in [0.1, 0.15) is 0 Å². The molecule has 2 nitrogen and oxygen atoms in total. The van der Waals surface area contributed by atoms with Gasteiger partial charge < -0.3 is 0 Å². The Bertz CT molecular complexity index is 804. The van der Waals surface area contributed by atoms with Crippen molar-refractivity contribution in [2.24, 2.45) is 10.4 Å². The number of nitrogens with zero attached hydrogens (tertiary/aromatic N) is 1. The highest BCUT2D eigenvalue weighted by Crippen LogP contribution is 2.46. The third-order valence-electron chi connectivity index (χ3n) is 5.38. The summed E-state index contributed by atoms with van der Waals surface area (Å²) in [7, 11) is 0. The van der Waals surface area contributed by atoms with E-state index in [2.05, 4.69) is 44.0 Å². The molecule has 25 heavy (non-hydrogen) atoms. The molecule has 0 radical (unpaired) electrons. The van der Waals surface area contributed by atoms with E-state index in [1.807, 2.05) is 43.3 Å². The molecule has 0 amide bonds. The molecule has 2 heteroatoms. The van der Waals surface area contributed by atoms with Crippen molar-refractivity contribution in [3.05, 3.63) is 71.3 Å². The lowest BCUT2D eigenvalue weighted by molar-refractivity contribution is -0.124. The summed E-state index contributed by atoms with van der Waals surface area (Å²) in [6.45, 7) is 8.83. The molecule has 130 valence electrons. The molecule has 1 atom stereocenters. The Morgan fingerprint density at radius 2 is 1.64 bits per heavy atom. The van der Waals surface area contributed by atoms with Crippen LogP contribution in [0.15, 0.2) is 59.6 Å².